The van der Waals surface area contributed by atoms with Gasteiger partial charge < -0.3 is 24.8 Å². The molecule has 2 N–H and O–H groups in total. The Morgan fingerprint density at radius 2 is 1.84 bits per heavy atom. The Morgan fingerprint density at radius 1 is 1.04 bits per heavy atom. The smallest absolute Gasteiger partial charge is 0.319 e. The van der Waals surface area contributed by atoms with E-state index in [9.17, 15) is 4.79 Å². The zero-order chi connectivity index (χ0) is 18.1. The van der Waals surface area contributed by atoms with Gasteiger partial charge in [0.15, 0.2) is 11.5 Å². The molecular formula is C19H24N2O4. The maximum absolute atomic E-state index is 11.9. The maximum Gasteiger partial charge on any atom is 0.319 e. The number of amides is 2. The number of carbonyl (C=O) groups is 1. The third kappa shape index (κ3) is 5.60. The number of methoxy groups -OCH3 is 2. The molecule has 0 heterocycles. The van der Waals surface area contributed by atoms with Gasteiger partial charge in [0.25, 0.3) is 0 Å². The molecule has 0 fully saturated rings. The Labute approximate surface area is 148 Å². The zero-order valence-electron chi connectivity index (χ0n) is 14.8. The van der Waals surface area contributed by atoms with Gasteiger partial charge in [0.1, 0.15) is 12.4 Å². The Morgan fingerprint density at radius 3 is 2.56 bits per heavy atom. The first kappa shape index (κ1) is 18.4. The molecular weight excluding hydrogens is 320 g/mol. The molecule has 25 heavy (non-hydrogen) atoms. The highest BCUT2D eigenvalue weighted by Crippen LogP contribution is 2.29. The summed E-state index contributed by atoms with van der Waals surface area (Å²) < 4.78 is 16.0. The number of nitrogens with one attached hydrogen (secondary N) is 2. The second-order valence-corrected chi connectivity index (χ2v) is 5.30. The molecule has 0 atom stereocenters. The fraction of sp³-hybridized carbons (Fsp3) is 0.316. The molecule has 2 amide bonds. The maximum atomic E-state index is 11.9. The van der Waals surface area contributed by atoms with Crippen LogP contribution in [-0.2, 0) is 6.42 Å². The number of ether oxygens (including phenoxy) is 3. The van der Waals surface area contributed by atoms with Gasteiger partial charge in [-0.3, -0.25) is 0 Å². The molecule has 0 saturated heterocycles. The summed E-state index contributed by atoms with van der Waals surface area (Å²) in [6, 6.07) is 12.8. The Hall–Kier alpha value is -2.89. The van der Waals surface area contributed by atoms with Gasteiger partial charge in [0, 0.05) is 11.8 Å². The average molecular weight is 344 g/mol. The normalized spacial score (nSPS) is 10.0. The summed E-state index contributed by atoms with van der Waals surface area (Å²) >= 11 is 0. The highest BCUT2D eigenvalue weighted by Gasteiger charge is 2.07. The van der Waals surface area contributed by atoms with Crippen LogP contribution in [0.2, 0.25) is 0 Å². The number of rotatable bonds is 8. The summed E-state index contributed by atoms with van der Waals surface area (Å²) in [4.78, 5) is 11.9. The van der Waals surface area contributed by atoms with Crippen LogP contribution in [0.3, 0.4) is 0 Å². The average Bonchev–Trinajstić information content (AvgIpc) is 2.65. The lowest BCUT2D eigenvalue weighted by atomic mass is 10.2. The van der Waals surface area contributed by atoms with Crippen LogP contribution in [0.5, 0.6) is 17.2 Å². The number of aryl methyl sites for hydroxylation is 1. The van der Waals surface area contributed by atoms with Gasteiger partial charge >= 0.3 is 6.03 Å². The third-order valence-electron chi connectivity index (χ3n) is 3.60. The van der Waals surface area contributed by atoms with Crippen molar-refractivity contribution in [2.45, 2.75) is 13.3 Å². The molecule has 0 bridgehead atoms. The van der Waals surface area contributed by atoms with Crippen LogP contribution in [0.4, 0.5) is 10.5 Å². The van der Waals surface area contributed by atoms with Gasteiger partial charge in [-0.15, -0.1) is 0 Å². The van der Waals surface area contributed by atoms with Crippen molar-refractivity contribution in [3.63, 3.8) is 0 Å². The number of urea groups is 1. The van der Waals surface area contributed by atoms with Crippen molar-refractivity contribution in [2.75, 3.05) is 32.7 Å². The van der Waals surface area contributed by atoms with Crippen molar-refractivity contribution in [2.24, 2.45) is 0 Å². The van der Waals surface area contributed by atoms with E-state index in [1.807, 2.05) is 18.2 Å². The summed E-state index contributed by atoms with van der Waals surface area (Å²) in [5, 5.41) is 5.49. The van der Waals surface area contributed by atoms with Crippen LogP contribution in [0.1, 0.15) is 12.5 Å². The van der Waals surface area contributed by atoms with E-state index >= 15 is 0 Å². The lowest BCUT2D eigenvalue weighted by molar-refractivity contribution is 0.247. The molecule has 2 rings (SSSR count). The first-order chi connectivity index (χ1) is 12.2. The molecule has 2 aromatic rings. The fourth-order valence-electron chi connectivity index (χ4n) is 2.28. The summed E-state index contributed by atoms with van der Waals surface area (Å²) in [5.74, 6) is 1.97. The Bertz CT molecular complexity index is 704. The Kier molecular flexibility index (Phi) is 6.95. The number of benzene rings is 2. The Balaban J connectivity index is 1.77. The van der Waals surface area contributed by atoms with Crippen LogP contribution < -0.4 is 24.8 Å². The quantitative estimate of drug-likeness (QED) is 0.720. The molecule has 0 aromatic heterocycles. The monoisotopic (exact) mass is 344 g/mol. The van der Waals surface area contributed by atoms with Crippen molar-refractivity contribution in [1.82, 2.24) is 5.32 Å². The van der Waals surface area contributed by atoms with Crippen LogP contribution in [0, 0.1) is 0 Å². The molecule has 0 radical (unpaired) electrons. The highest BCUT2D eigenvalue weighted by atomic mass is 16.5. The SMILES string of the molecule is CCc1cccc(OCCNC(=O)Nc2ccc(OC)c(OC)c2)c1. The zero-order valence-corrected chi connectivity index (χ0v) is 14.8. The van der Waals surface area contributed by atoms with Crippen molar-refractivity contribution >= 4 is 11.7 Å². The van der Waals surface area contributed by atoms with E-state index < -0.39 is 0 Å². The van der Waals surface area contributed by atoms with E-state index in [4.69, 9.17) is 14.2 Å². The van der Waals surface area contributed by atoms with Crippen molar-refractivity contribution in [3.8, 4) is 17.2 Å². The largest absolute Gasteiger partial charge is 0.493 e. The molecule has 0 aliphatic heterocycles. The standard InChI is InChI=1S/C19H24N2O4/c1-4-14-6-5-7-16(12-14)25-11-10-20-19(22)21-15-8-9-17(23-2)18(13-15)24-3/h5-9,12-13H,4,10-11H2,1-3H3,(H2,20,21,22). The second-order valence-electron chi connectivity index (χ2n) is 5.30. The van der Waals surface area contributed by atoms with Crippen LogP contribution in [0.15, 0.2) is 42.5 Å². The van der Waals surface area contributed by atoms with E-state index in [2.05, 4.69) is 23.6 Å². The predicted molar refractivity (Wildman–Crippen MR) is 97.9 cm³/mol. The summed E-state index contributed by atoms with van der Waals surface area (Å²) in [6.45, 7) is 2.89. The molecule has 0 spiro atoms. The first-order valence-electron chi connectivity index (χ1n) is 8.15. The fourth-order valence-corrected chi connectivity index (χ4v) is 2.28. The van der Waals surface area contributed by atoms with Gasteiger partial charge in [0.05, 0.1) is 20.8 Å². The summed E-state index contributed by atoms with van der Waals surface area (Å²) in [5.41, 5.74) is 1.84. The summed E-state index contributed by atoms with van der Waals surface area (Å²) in [7, 11) is 3.11. The van der Waals surface area contributed by atoms with Gasteiger partial charge in [-0.1, -0.05) is 19.1 Å². The predicted octanol–water partition coefficient (Wildman–Crippen LogP) is 3.47. The van der Waals surface area contributed by atoms with E-state index in [0.29, 0.717) is 30.3 Å². The third-order valence-corrected chi connectivity index (χ3v) is 3.60. The van der Waals surface area contributed by atoms with E-state index in [-0.39, 0.29) is 6.03 Å². The topological polar surface area (TPSA) is 68.8 Å². The minimum atomic E-state index is -0.307. The van der Waals surface area contributed by atoms with Gasteiger partial charge in [0.2, 0.25) is 0 Å². The lowest BCUT2D eigenvalue weighted by Gasteiger charge is -2.12. The lowest BCUT2D eigenvalue weighted by Crippen LogP contribution is -2.32. The molecule has 6 nitrogen and oxygen atoms in total. The molecule has 0 unspecified atom stereocenters. The molecule has 0 saturated carbocycles. The van der Waals surface area contributed by atoms with Crippen molar-refractivity contribution < 1.29 is 19.0 Å². The first-order valence-corrected chi connectivity index (χ1v) is 8.15. The van der Waals surface area contributed by atoms with Gasteiger partial charge in [-0.05, 0) is 36.2 Å². The minimum absolute atomic E-state index is 0.307. The van der Waals surface area contributed by atoms with Gasteiger partial charge in [-0.2, -0.15) is 0 Å². The molecule has 134 valence electrons. The van der Waals surface area contributed by atoms with Crippen LogP contribution in [0.25, 0.3) is 0 Å². The number of hydrogen-bond acceptors (Lipinski definition) is 4. The van der Waals surface area contributed by atoms with Crippen molar-refractivity contribution in [3.05, 3.63) is 48.0 Å². The number of anilines is 1. The van der Waals surface area contributed by atoms with Gasteiger partial charge in [-0.25, -0.2) is 4.79 Å². The molecule has 0 aliphatic carbocycles. The second kappa shape index (κ2) is 9.42. The highest BCUT2D eigenvalue weighted by molar-refractivity contribution is 5.89. The van der Waals surface area contributed by atoms with Crippen molar-refractivity contribution in [1.29, 1.82) is 0 Å². The van der Waals surface area contributed by atoms with Crippen LogP contribution >= 0.6 is 0 Å². The minimum Gasteiger partial charge on any atom is -0.493 e. The van der Waals surface area contributed by atoms with E-state index in [1.165, 1.54) is 5.56 Å². The number of hydrogen-bond donors (Lipinski definition) is 2. The molecule has 0 aliphatic rings. The number of carbonyl (C=O) groups excluding carboxylic acids is 1. The van der Waals surface area contributed by atoms with Crippen LogP contribution in [-0.4, -0.2) is 33.4 Å². The molecule has 2 aromatic carbocycles. The summed E-state index contributed by atoms with van der Waals surface area (Å²) in [6.07, 6.45) is 0.961. The van der Waals surface area contributed by atoms with E-state index in [0.717, 1.165) is 12.2 Å². The van der Waals surface area contributed by atoms with E-state index in [1.54, 1.807) is 32.4 Å². The molecule has 6 heteroatoms.